The van der Waals surface area contributed by atoms with Gasteiger partial charge < -0.3 is 21.4 Å². The molecule has 0 saturated heterocycles. The third-order valence-electron chi connectivity index (χ3n) is 5.54. The lowest BCUT2D eigenvalue weighted by Gasteiger charge is -2.14. The molecule has 0 radical (unpaired) electrons. The van der Waals surface area contributed by atoms with Gasteiger partial charge in [-0.25, -0.2) is 4.98 Å². The van der Waals surface area contributed by atoms with Gasteiger partial charge in [-0.05, 0) is 66.8 Å². The molecule has 154 valence electrons. The predicted octanol–water partition coefficient (Wildman–Crippen LogP) is 2.69. The number of aromatic nitrogens is 3. The van der Waals surface area contributed by atoms with Crippen LogP contribution in [0.15, 0.2) is 59.7 Å². The molecular weight excluding hydrogens is 392 g/mol. The fraction of sp³-hybridized carbons (Fsp3) is 0.130. The van der Waals surface area contributed by atoms with E-state index in [0.29, 0.717) is 17.3 Å². The quantitative estimate of drug-likeness (QED) is 0.442. The van der Waals surface area contributed by atoms with Gasteiger partial charge in [-0.1, -0.05) is 6.07 Å². The Bertz CT molecular complexity index is 1390. The molecule has 1 aliphatic carbocycles. The van der Waals surface area contributed by atoms with Gasteiger partial charge in [-0.15, -0.1) is 0 Å². The van der Waals surface area contributed by atoms with Gasteiger partial charge in [0.25, 0.3) is 5.91 Å². The largest absolute Gasteiger partial charge is 0.399 e. The molecular formula is C23H20N6O2. The number of nitrogens with two attached hydrogens (primary N) is 2. The minimum atomic E-state index is -0.786. The number of benzene rings is 2. The lowest BCUT2D eigenvalue weighted by Crippen LogP contribution is -2.24. The average Bonchev–Trinajstić information content (AvgIpc) is 3.23. The maximum atomic E-state index is 12.8. The van der Waals surface area contributed by atoms with E-state index in [1.54, 1.807) is 16.7 Å². The first-order valence-corrected chi connectivity index (χ1v) is 9.96. The zero-order valence-corrected chi connectivity index (χ0v) is 16.6. The number of amides is 1. The molecule has 4 aromatic rings. The Morgan fingerprint density at radius 1 is 1.06 bits per heavy atom. The van der Waals surface area contributed by atoms with E-state index < -0.39 is 11.3 Å². The number of nitrogen functional groups attached to an aromatic ring is 1. The zero-order chi connectivity index (χ0) is 21.5. The minimum Gasteiger partial charge on any atom is -0.399 e. The molecule has 0 unspecified atom stereocenters. The van der Waals surface area contributed by atoms with Crippen LogP contribution in [0.1, 0.15) is 27.9 Å². The van der Waals surface area contributed by atoms with Gasteiger partial charge in [0, 0.05) is 29.5 Å². The minimum absolute atomic E-state index is 0.101. The summed E-state index contributed by atoms with van der Waals surface area (Å²) in [4.78, 5) is 33.6. The molecule has 0 fully saturated rings. The highest BCUT2D eigenvalue weighted by atomic mass is 16.2. The molecule has 2 aromatic heterocycles. The number of anilines is 3. The fourth-order valence-corrected chi connectivity index (χ4v) is 3.95. The Hall–Kier alpha value is -4.20. The van der Waals surface area contributed by atoms with Crippen LogP contribution >= 0.6 is 0 Å². The van der Waals surface area contributed by atoms with Gasteiger partial charge in [-0.2, -0.15) is 4.98 Å². The summed E-state index contributed by atoms with van der Waals surface area (Å²) >= 11 is 0. The van der Waals surface area contributed by atoms with Crippen molar-refractivity contribution in [2.24, 2.45) is 5.73 Å². The third-order valence-corrected chi connectivity index (χ3v) is 5.54. The number of aryl methyl sites for hydroxylation is 2. The fourth-order valence-electron chi connectivity index (χ4n) is 3.95. The molecule has 8 nitrogen and oxygen atoms in total. The van der Waals surface area contributed by atoms with Crippen molar-refractivity contribution in [1.82, 2.24) is 14.5 Å². The van der Waals surface area contributed by atoms with Gasteiger partial charge in [-0.3, -0.25) is 9.59 Å². The molecule has 8 heteroatoms. The van der Waals surface area contributed by atoms with Crippen molar-refractivity contribution in [2.75, 3.05) is 11.1 Å². The van der Waals surface area contributed by atoms with Crippen molar-refractivity contribution < 1.29 is 4.79 Å². The smallest absolute Gasteiger partial charge is 0.254 e. The second kappa shape index (κ2) is 7.24. The molecule has 0 aliphatic heterocycles. The summed E-state index contributed by atoms with van der Waals surface area (Å²) in [7, 11) is 0. The average molecular weight is 412 g/mol. The van der Waals surface area contributed by atoms with Crippen molar-refractivity contribution in [1.29, 1.82) is 0 Å². The molecule has 2 aromatic carbocycles. The van der Waals surface area contributed by atoms with E-state index in [0.717, 1.165) is 30.6 Å². The van der Waals surface area contributed by atoms with Crippen LogP contribution < -0.4 is 22.2 Å². The van der Waals surface area contributed by atoms with E-state index in [1.165, 1.54) is 23.5 Å². The topological polar surface area (TPSA) is 129 Å². The van der Waals surface area contributed by atoms with Crippen molar-refractivity contribution >= 4 is 34.3 Å². The molecule has 31 heavy (non-hydrogen) atoms. The van der Waals surface area contributed by atoms with Crippen LogP contribution in [-0.4, -0.2) is 20.4 Å². The van der Waals surface area contributed by atoms with Gasteiger partial charge in [0.1, 0.15) is 5.56 Å². The van der Waals surface area contributed by atoms with Crippen LogP contribution in [0.25, 0.3) is 16.7 Å². The number of hydrogen-bond acceptors (Lipinski definition) is 6. The third kappa shape index (κ3) is 3.38. The van der Waals surface area contributed by atoms with Crippen LogP contribution in [0.4, 0.5) is 17.3 Å². The summed E-state index contributed by atoms with van der Waals surface area (Å²) in [6.45, 7) is 0. The molecule has 0 atom stereocenters. The molecule has 1 amide bonds. The molecule has 0 saturated carbocycles. The number of fused-ring (bicyclic) bond motifs is 2. The number of pyridine rings is 1. The molecule has 5 N–H and O–H groups in total. The van der Waals surface area contributed by atoms with Crippen LogP contribution in [-0.2, 0) is 12.8 Å². The predicted molar refractivity (Wildman–Crippen MR) is 120 cm³/mol. The van der Waals surface area contributed by atoms with Gasteiger partial charge in [0.15, 0.2) is 5.65 Å². The highest BCUT2D eigenvalue weighted by molar-refractivity contribution is 5.96. The highest BCUT2D eigenvalue weighted by Gasteiger charge is 2.18. The maximum absolute atomic E-state index is 12.8. The van der Waals surface area contributed by atoms with Crippen molar-refractivity contribution in [3.8, 4) is 5.69 Å². The van der Waals surface area contributed by atoms with Gasteiger partial charge in [0.2, 0.25) is 11.4 Å². The first-order chi connectivity index (χ1) is 15.0. The highest BCUT2D eigenvalue weighted by Crippen LogP contribution is 2.26. The summed E-state index contributed by atoms with van der Waals surface area (Å²) in [6, 6.07) is 13.3. The SMILES string of the molecule is NC(=O)c1cn(-c2ccc3c(c2)CCC3)c2nc(Nc3ccc(N)cc3)ncc2c1=O. The van der Waals surface area contributed by atoms with Crippen LogP contribution in [0.5, 0.6) is 0 Å². The van der Waals surface area contributed by atoms with Crippen LogP contribution in [0, 0.1) is 0 Å². The first kappa shape index (κ1) is 18.8. The number of primary amides is 1. The van der Waals surface area contributed by atoms with Gasteiger partial charge in [0.05, 0.1) is 5.39 Å². The van der Waals surface area contributed by atoms with Crippen molar-refractivity contribution in [3.63, 3.8) is 0 Å². The van der Waals surface area contributed by atoms with E-state index >= 15 is 0 Å². The normalized spacial score (nSPS) is 12.6. The zero-order valence-electron chi connectivity index (χ0n) is 16.6. The molecule has 0 spiro atoms. The number of hydrogen-bond donors (Lipinski definition) is 3. The number of nitrogens with one attached hydrogen (secondary N) is 1. The lowest BCUT2D eigenvalue weighted by atomic mass is 10.1. The number of nitrogens with zero attached hydrogens (tertiary/aromatic N) is 3. The molecule has 5 rings (SSSR count). The molecule has 1 aliphatic rings. The monoisotopic (exact) mass is 412 g/mol. The first-order valence-electron chi connectivity index (χ1n) is 9.96. The Kier molecular flexibility index (Phi) is 4.39. The summed E-state index contributed by atoms with van der Waals surface area (Å²) in [5.74, 6) is -0.468. The van der Waals surface area contributed by atoms with E-state index in [4.69, 9.17) is 11.5 Å². The number of carbonyl (C=O) groups is 1. The standard InChI is InChI=1S/C23H20N6O2/c24-15-5-7-16(8-6-15)27-23-26-11-18-20(30)19(21(25)31)12-29(22(18)28-23)17-9-4-13-2-1-3-14(13)10-17/h4-12H,1-3,24H2,(H2,25,31)(H,26,27,28). The van der Waals surface area contributed by atoms with Gasteiger partial charge >= 0.3 is 0 Å². The summed E-state index contributed by atoms with van der Waals surface area (Å²) in [5, 5.41) is 3.34. The molecule has 2 heterocycles. The van der Waals surface area contributed by atoms with E-state index in [-0.39, 0.29) is 10.9 Å². The Morgan fingerprint density at radius 3 is 2.61 bits per heavy atom. The summed E-state index contributed by atoms with van der Waals surface area (Å²) in [5.41, 5.74) is 15.8. The lowest BCUT2D eigenvalue weighted by molar-refractivity contribution is 0.0999. The van der Waals surface area contributed by atoms with Crippen molar-refractivity contribution in [3.05, 3.63) is 81.8 Å². The van der Waals surface area contributed by atoms with Crippen molar-refractivity contribution in [2.45, 2.75) is 19.3 Å². The van der Waals surface area contributed by atoms with E-state index in [2.05, 4.69) is 27.4 Å². The molecule has 0 bridgehead atoms. The van der Waals surface area contributed by atoms with Crippen LogP contribution in [0.2, 0.25) is 0 Å². The Labute approximate surface area is 177 Å². The second-order valence-corrected chi connectivity index (χ2v) is 7.59. The van der Waals surface area contributed by atoms with Crippen LogP contribution in [0.3, 0.4) is 0 Å². The summed E-state index contributed by atoms with van der Waals surface area (Å²) < 4.78 is 1.73. The number of rotatable bonds is 4. The Balaban J connectivity index is 1.69. The maximum Gasteiger partial charge on any atom is 0.254 e. The Morgan fingerprint density at radius 2 is 1.84 bits per heavy atom. The number of carbonyl (C=O) groups excluding carboxylic acids is 1. The second-order valence-electron chi connectivity index (χ2n) is 7.59. The van der Waals surface area contributed by atoms with E-state index in [9.17, 15) is 9.59 Å². The van der Waals surface area contributed by atoms with E-state index in [1.807, 2.05) is 18.2 Å². The summed E-state index contributed by atoms with van der Waals surface area (Å²) in [6.07, 6.45) is 6.06.